The van der Waals surface area contributed by atoms with Crippen LogP contribution < -0.4 is 0 Å². The lowest BCUT2D eigenvalue weighted by molar-refractivity contribution is -0.220. The zero-order valence-electron chi connectivity index (χ0n) is 40.2. The number of phosphoric ester groups is 1. The number of rotatable bonds is 40. The molecule has 13 heteroatoms. The molecule has 0 aliphatic heterocycles. The first kappa shape index (κ1) is 61.0. The average molecular weight is 947 g/mol. The summed E-state index contributed by atoms with van der Waals surface area (Å²) in [5, 5.41) is 50.3. The number of ether oxygens (including phenoxy) is 2. The third-order valence-electron chi connectivity index (χ3n) is 10.6. The van der Waals surface area contributed by atoms with E-state index >= 15 is 0 Å². The first-order chi connectivity index (χ1) is 32.0. The van der Waals surface area contributed by atoms with Crippen LogP contribution in [0.3, 0.4) is 0 Å². The normalized spacial score (nSPS) is 22.4. The van der Waals surface area contributed by atoms with Crippen LogP contribution in [-0.2, 0) is 27.9 Å². The molecule has 1 aliphatic carbocycles. The van der Waals surface area contributed by atoms with Crippen LogP contribution in [0.4, 0.5) is 0 Å². The van der Waals surface area contributed by atoms with Crippen molar-refractivity contribution in [2.45, 2.75) is 198 Å². The van der Waals surface area contributed by atoms with Crippen molar-refractivity contribution in [3.63, 3.8) is 0 Å². The minimum atomic E-state index is -5.04. The van der Waals surface area contributed by atoms with Crippen LogP contribution in [0.2, 0.25) is 0 Å². The molecule has 0 aromatic heterocycles. The molecule has 12 nitrogen and oxygen atoms in total. The van der Waals surface area contributed by atoms with Crippen LogP contribution in [-0.4, -0.2) is 98.9 Å². The Morgan fingerprint density at radius 3 is 1.29 bits per heavy atom. The summed E-state index contributed by atoms with van der Waals surface area (Å²) < 4.78 is 34.2. The van der Waals surface area contributed by atoms with Crippen molar-refractivity contribution in [1.82, 2.24) is 0 Å². The maximum Gasteiger partial charge on any atom is 0.472 e. The van der Waals surface area contributed by atoms with Gasteiger partial charge in [0.15, 0.2) is 0 Å². The Labute approximate surface area is 397 Å². The van der Waals surface area contributed by atoms with Gasteiger partial charge in [0.1, 0.15) is 42.7 Å². The van der Waals surface area contributed by atoms with Gasteiger partial charge >= 0.3 is 13.8 Å². The number of esters is 1. The molecule has 0 heterocycles. The summed E-state index contributed by atoms with van der Waals surface area (Å²) in [4.78, 5) is 23.2. The zero-order chi connectivity index (χ0) is 48.4. The highest BCUT2D eigenvalue weighted by atomic mass is 31.2. The van der Waals surface area contributed by atoms with Crippen molar-refractivity contribution in [3.8, 4) is 0 Å². The van der Waals surface area contributed by atoms with Gasteiger partial charge in [0.25, 0.3) is 0 Å². The van der Waals surface area contributed by atoms with Gasteiger partial charge < -0.3 is 39.9 Å². The molecule has 6 atom stereocenters. The topological polar surface area (TPSA) is 192 Å². The van der Waals surface area contributed by atoms with Crippen molar-refractivity contribution >= 4 is 13.8 Å². The molecule has 1 saturated carbocycles. The Balaban J connectivity index is 2.41. The van der Waals surface area contributed by atoms with E-state index in [1.165, 1.54) is 0 Å². The average Bonchev–Trinajstić information content (AvgIpc) is 3.30. The predicted molar refractivity (Wildman–Crippen MR) is 267 cm³/mol. The van der Waals surface area contributed by atoms with Gasteiger partial charge in [-0.05, 0) is 96.3 Å². The highest BCUT2D eigenvalue weighted by Gasteiger charge is 2.51. The van der Waals surface area contributed by atoms with Crippen LogP contribution in [0.1, 0.15) is 155 Å². The number of carbonyl (C=O) groups is 1. The van der Waals surface area contributed by atoms with Crippen LogP contribution in [0.25, 0.3) is 0 Å². The van der Waals surface area contributed by atoms with E-state index < -0.39 is 63.1 Å². The Morgan fingerprint density at radius 2 is 0.848 bits per heavy atom. The lowest BCUT2D eigenvalue weighted by Gasteiger charge is -2.41. The number of hydrogen-bond acceptors (Lipinski definition) is 11. The fourth-order valence-corrected chi connectivity index (χ4v) is 7.76. The number of unbranched alkanes of at least 4 members (excludes halogenated alkanes) is 10. The summed E-state index contributed by atoms with van der Waals surface area (Å²) in [6.45, 7) is 3.94. The van der Waals surface area contributed by atoms with E-state index in [4.69, 9.17) is 18.5 Å². The van der Waals surface area contributed by atoms with Gasteiger partial charge in [0.05, 0.1) is 13.2 Å². The fraction of sp³-hybridized carbons (Fsp3) is 0.642. The smallest absolute Gasteiger partial charge is 0.457 e. The van der Waals surface area contributed by atoms with E-state index in [0.717, 1.165) is 128 Å². The van der Waals surface area contributed by atoms with E-state index in [-0.39, 0.29) is 13.0 Å². The van der Waals surface area contributed by atoms with Crippen LogP contribution >= 0.6 is 7.82 Å². The number of allylic oxidation sites excluding steroid dienone is 18. The molecule has 1 rings (SSSR count). The third kappa shape index (κ3) is 33.5. The van der Waals surface area contributed by atoms with E-state index in [1.807, 2.05) is 0 Å². The summed E-state index contributed by atoms with van der Waals surface area (Å²) in [7, 11) is -5.04. The van der Waals surface area contributed by atoms with E-state index in [9.17, 15) is 39.8 Å². The first-order valence-electron chi connectivity index (χ1n) is 24.7. The van der Waals surface area contributed by atoms with Gasteiger partial charge in [0, 0.05) is 13.0 Å². The van der Waals surface area contributed by atoms with Gasteiger partial charge in [-0.25, -0.2) is 4.57 Å². The van der Waals surface area contributed by atoms with Crippen molar-refractivity contribution in [3.05, 3.63) is 109 Å². The summed E-state index contributed by atoms with van der Waals surface area (Å²) in [6.07, 6.45) is 47.2. The van der Waals surface area contributed by atoms with Gasteiger partial charge in [-0.1, -0.05) is 162 Å². The summed E-state index contributed by atoms with van der Waals surface area (Å²) >= 11 is 0. The molecule has 0 aromatic carbocycles. The third-order valence-corrected chi connectivity index (χ3v) is 11.6. The van der Waals surface area contributed by atoms with Crippen LogP contribution in [0.15, 0.2) is 109 Å². The molecule has 0 bridgehead atoms. The monoisotopic (exact) mass is 947 g/mol. The molecule has 0 aromatic rings. The van der Waals surface area contributed by atoms with E-state index in [0.29, 0.717) is 13.0 Å². The van der Waals surface area contributed by atoms with E-state index in [1.54, 1.807) is 0 Å². The minimum Gasteiger partial charge on any atom is -0.457 e. The predicted octanol–water partition coefficient (Wildman–Crippen LogP) is 10.9. The second-order valence-corrected chi connectivity index (χ2v) is 18.0. The Hall–Kier alpha value is -3.00. The summed E-state index contributed by atoms with van der Waals surface area (Å²) in [5.41, 5.74) is 0. The SMILES string of the molecule is CC/C=C\C/C=C\C/C=C\C/C=C\C/C=C\CCCCCCOCC(COP(=O)(O)OC1C(O)C(O)C(O)C(O)C1O)OC(=O)CCCCCCCC/C=C\C/C=C\C/C=C\C/C=C\CC. The van der Waals surface area contributed by atoms with Gasteiger partial charge in [-0.15, -0.1) is 0 Å². The highest BCUT2D eigenvalue weighted by Crippen LogP contribution is 2.47. The Bertz CT molecular complexity index is 1500. The molecule has 0 radical (unpaired) electrons. The Morgan fingerprint density at radius 1 is 0.485 bits per heavy atom. The van der Waals surface area contributed by atoms with Crippen LogP contribution in [0.5, 0.6) is 0 Å². The molecule has 6 unspecified atom stereocenters. The van der Waals surface area contributed by atoms with Crippen molar-refractivity contribution in [2.24, 2.45) is 0 Å². The maximum atomic E-state index is 12.8. The molecule has 0 spiro atoms. The molecule has 1 aliphatic rings. The standard InChI is InChI=1S/C53H87O12P/c1-3-5-7-9-11-13-15-17-19-21-23-25-27-29-31-33-35-37-39-41-43-62-44-46(45-63-66(60,61)65-53-51(58)49(56)48(55)50(57)52(53)59)64-47(54)42-40-38-36-34-32-30-28-26-24-22-20-18-16-14-12-10-8-6-4-2/h5-8,11-14,17-20,23-26,29,31,46,48-53,55-59H,3-4,9-10,15-16,21-22,27-28,30,32-45H2,1-2H3,(H,60,61)/b7-5-,8-6-,13-11-,14-12-,19-17-,20-18-,25-23-,26-24-,31-29-. The lowest BCUT2D eigenvalue weighted by Crippen LogP contribution is -2.64. The number of carbonyl (C=O) groups excluding carboxylic acids is 1. The van der Waals surface area contributed by atoms with Gasteiger partial charge in [-0.3, -0.25) is 13.8 Å². The first-order valence-corrected chi connectivity index (χ1v) is 26.2. The van der Waals surface area contributed by atoms with Crippen molar-refractivity contribution < 1.29 is 58.3 Å². The lowest BCUT2D eigenvalue weighted by atomic mass is 9.85. The van der Waals surface area contributed by atoms with Gasteiger partial charge in [0.2, 0.25) is 0 Å². The van der Waals surface area contributed by atoms with Gasteiger partial charge in [-0.2, -0.15) is 0 Å². The quantitative estimate of drug-likeness (QED) is 0.0148. The number of aliphatic hydroxyl groups is 5. The van der Waals surface area contributed by atoms with Crippen molar-refractivity contribution in [2.75, 3.05) is 19.8 Å². The zero-order valence-corrected chi connectivity index (χ0v) is 41.1. The minimum absolute atomic E-state index is 0.108. The molecule has 0 saturated heterocycles. The highest BCUT2D eigenvalue weighted by molar-refractivity contribution is 7.47. The molecule has 6 N–H and O–H groups in total. The largest absolute Gasteiger partial charge is 0.472 e. The summed E-state index contributed by atoms with van der Waals surface area (Å²) in [6, 6.07) is 0. The van der Waals surface area contributed by atoms with Crippen LogP contribution in [0, 0.1) is 0 Å². The molecule has 1 fully saturated rings. The molecule has 66 heavy (non-hydrogen) atoms. The second-order valence-electron chi connectivity index (χ2n) is 16.5. The van der Waals surface area contributed by atoms with E-state index in [2.05, 4.69) is 123 Å². The molecule has 0 amide bonds. The second kappa shape index (κ2) is 42.1. The number of hydrogen-bond donors (Lipinski definition) is 6. The summed E-state index contributed by atoms with van der Waals surface area (Å²) in [5.74, 6) is -0.506. The molecule has 376 valence electrons. The maximum absolute atomic E-state index is 12.8. The number of aliphatic hydroxyl groups excluding tert-OH is 5. The fourth-order valence-electron chi connectivity index (χ4n) is 6.78. The van der Waals surface area contributed by atoms with Crippen molar-refractivity contribution in [1.29, 1.82) is 0 Å². The molecular formula is C53H87O12P. The molecular weight excluding hydrogens is 860 g/mol. The Kier molecular flexibility index (Phi) is 38.9. The number of phosphoric acid groups is 1.